The average molecular weight is 346 g/mol. The number of carbonyl (C=O) groups is 1. The summed E-state index contributed by atoms with van der Waals surface area (Å²) in [7, 11) is 0. The van der Waals surface area contributed by atoms with E-state index in [0.29, 0.717) is 19.5 Å². The van der Waals surface area contributed by atoms with E-state index in [9.17, 15) is 15.0 Å². The third-order valence-electron chi connectivity index (χ3n) is 5.61. The molecule has 1 saturated carbocycles. The molecular weight excluding hydrogens is 316 g/mol. The van der Waals surface area contributed by atoms with Crippen LogP contribution in [0.4, 0.5) is 0 Å². The maximum Gasteiger partial charge on any atom is 0.249 e. The highest BCUT2D eigenvalue weighted by molar-refractivity contribution is 5.80. The number of amides is 1. The number of nitrogens with zero attached hydrogens (tertiary/aromatic N) is 1. The van der Waals surface area contributed by atoms with E-state index in [2.05, 4.69) is 22.3 Å². The first-order chi connectivity index (χ1) is 12.1. The van der Waals surface area contributed by atoms with E-state index in [1.807, 2.05) is 18.2 Å². The summed E-state index contributed by atoms with van der Waals surface area (Å²) in [5, 5.41) is 23.2. The average Bonchev–Trinajstić information content (AvgIpc) is 3.00. The van der Waals surface area contributed by atoms with Gasteiger partial charge in [-0.05, 0) is 30.7 Å². The van der Waals surface area contributed by atoms with Crippen LogP contribution >= 0.6 is 0 Å². The van der Waals surface area contributed by atoms with Gasteiger partial charge >= 0.3 is 0 Å². The fourth-order valence-electron chi connectivity index (χ4n) is 4.17. The van der Waals surface area contributed by atoms with E-state index in [1.165, 1.54) is 12.0 Å². The molecule has 1 heterocycles. The fourth-order valence-corrected chi connectivity index (χ4v) is 4.17. The zero-order valence-electron chi connectivity index (χ0n) is 14.8. The third kappa shape index (κ3) is 5.03. The molecule has 2 aliphatic rings. The zero-order chi connectivity index (χ0) is 17.6. The fraction of sp³-hybridized carbons (Fsp3) is 0.650. The Kier molecular flexibility index (Phi) is 6.45. The minimum Gasteiger partial charge on any atom is -0.392 e. The summed E-state index contributed by atoms with van der Waals surface area (Å²) < 4.78 is 0. The van der Waals surface area contributed by atoms with Crippen molar-refractivity contribution in [2.24, 2.45) is 5.92 Å². The summed E-state index contributed by atoms with van der Waals surface area (Å²) in [5.41, 5.74) is 1.20. The second kappa shape index (κ2) is 8.79. The largest absolute Gasteiger partial charge is 0.392 e. The number of hydrogen-bond donors (Lipinski definition) is 3. The van der Waals surface area contributed by atoms with Gasteiger partial charge in [0.15, 0.2) is 0 Å². The van der Waals surface area contributed by atoms with Crippen LogP contribution in [0.1, 0.15) is 44.1 Å². The van der Waals surface area contributed by atoms with E-state index in [0.717, 1.165) is 32.2 Å². The molecule has 0 spiro atoms. The van der Waals surface area contributed by atoms with Gasteiger partial charge in [-0.15, -0.1) is 0 Å². The second-order valence-corrected chi connectivity index (χ2v) is 7.55. The molecule has 1 saturated heterocycles. The molecule has 1 aromatic rings. The van der Waals surface area contributed by atoms with Crippen LogP contribution < -0.4 is 5.32 Å². The van der Waals surface area contributed by atoms with Gasteiger partial charge in [-0.1, -0.05) is 49.6 Å². The molecule has 3 unspecified atom stereocenters. The topological polar surface area (TPSA) is 72.8 Å². The molecule has 5 heteroatoms. The Morgan fingerprint density at radius 3 is 2.64 bits per heavy atom. The predicted molar refractivity (Wildman–Crippen MR) is 96.9 cm³/mol. The Morgan fingerprint density at radius 2 is 1.92 bits per heavy atom. The maximum atomic E-state index is 12.3. The van der Waals surface area contributed by atoms with Gasteiger partial charge in [-0.2, -0.15) is 0 Å². The first-order valence-corrected chi connectivity index (χ1v) is 9.55. The van der Waals surface area contributed by atoms with Gasteiger partial charge < -0.3 is 15.5 Å². The van der Waals surface area contributed by atoms with Crippen molar-refractivity contribution in [2.45, 2.75) is 63.3 Å². The highest BCUT2D eigenvalue weighted by atomic mass is 16.3. The van der Waals surface area contributed by atoms with E-state index in [1.54, 1.807) is 0 Å². The first-order valence-electron chi connectivity index (χ1n) is 9.55. The molecule has 5 nitrogen and oxygen atoms in total. The van der Waals surface area contributed by atoms with E-state index in [4.69, 9.17) is 0 Å². The minimum atomic E-state index is -0.894. The van der Waals surface area contributed by atoms with Crippen molar-refractivity contribution in [3.8, 4) is 0 Å². The molecule has 1 aliphatic heterocycles. The van der Waals surface area contributed by atoms with Crippen molar-refractivity contribution in [3.63, 3.8) is 0 Å². The first kappa shape index (κ1) is 18.4. The minimum absolute atomic E-state index is 0.100. The molecule has 3 atom stereocenters. The Balaban J connectivity index is 1.50. The number of carbonyl (C=O) groups excluding carboxylic acids is 1. The van der Waals surface area contributed by atoms with Gasteiger partial charge in [0.2, 0.25) is 5.91 Å². The Morgan fingerprint density at radius 1 is 1.20 bits per heavy atom. The second-order valence-electron chi connectivity index (χ2n) is 7.55. The summed E-state index contributed by atoms with van der Waals surface area (Å²) in [6.45, 7) is 1.87. The summed E-state index contributed by atoms with van der Waals surface area (Å²) >= 11 is 0. The van der Waals surface area contributed by atoms with Crippen LogP contribution in [0.25, 0.3) is 0 Å². The molecule has 0 aromatic heterocycles. The molecular formula is C20H30N2O3. The smallest absolute Gasteiger partial charge is 0.249 e. The molecule has 1 amide bonds. The molecule has 1 aliphatic carbocycles. The lowest BCUT2D eigenvalue weighted by Crippen LogP contribution is -2.45. The van der Waals surface area contributed by atoms with E-state index in [-0.39, 0.29) is 24.0 Å². The molecule has 25 heavy (non-hydrogen) atoms. The van der Waals surface area contributed by atoms with Crippen molar-refractivity contribution < 1.29 is 15.0 Å². The van der Waals surface area contributed by atoms with Gasteiger partial charge in [-0.3, -0.25) is 9.69 Å². The van der Waals surface area contributed by atoms with E-state index < -0.39 is 6.10 Å². The van der Waals surface area contributed by atoms with Crippen molar-refractivity contribution in [1.82, 2.24) is 10.2 Å². The molecule has 3 rings (SSSR count). The number of aliphatic hydroxyl groups is 2. The lowest BCUT2D eigenvalue weighted by molar-refractivity contribution is -0.132. The highest BCUT2D eigenvalue weighted by Gasteiger charge is 2.32. The molecule has 0 bridgehead atoms. The Hall–Kier alpha value is -1.43. The Bertz CT molecular complexity index is 545. The van der Waals surface area contributed by atoms with Crippen LogP contribution in [0.5, 0.6) is 0 Å². The summed E-state index contributed by atoms with van der Waals surface area (Å²) in [6.07, 6.45) is 4.71. The number of aliphatic hydroxyl groups excluding tert-OH is 2. The number of likely N-dealkylation sites (tertiary alicyclic amines) is 1. The van der Waals surface area contributed by atoms with Crippen molar-refractivity contribution in [2.75, 3.05) is 13.1 Å². The number of rotatable bonds is 6. The van der Waals surface area contributed by atoms with Gasteiger partial charge in [0.05, 0.1) is 6.10 Å². The molecule has 1 aromatic carbocycles. The molecule has 0 radical (unpaired) electrons. The molecule has 138 valence electrons. The van der Waals surface area contributed by atoms with Gasteiger partial charge in [0, 0.05) is 25.7 Å². The van der Waals surface area contributed by atoms with Crippen LogP contribution in [-0.4, -0.2) is 52.4 Å². The number of benzene rings is 1. The monoisotopic (exact) mass is 346 g/mol. The molecule has 3 N–H and O–H groups in total. The number of nitrogens with one attached hydrogen (secondary N) is 1. The number of hydrogen-bond acceptors (Lipinski definition) is 4. The van der Waals surface area contributed by atoms with Crippen LogP contribution in [0.2, 0.25) is 0 Å². The van der Waals surface area contributed by atoms with Crippen molar-refractivity contribution in [3.05, 3.63) is 35.9 Å². The van der Waals surface area contributed by atoms with Crippen LogP contribution in [0.3, 0.4) is 0 Å². The SMILES string of the molecule is O=C(NCC1CC(O)CN1Cc1ccccc1)C(O)C1CCCCC1. The quantitative estimate of drug-likeness (QED) is 0.733. The van der Waals surface area contributed by atoms with Crippen molar-refractivity contribution >= 4 is 5.91 Å². The van der Waals surface area contributed by atoms with Gasteiger partial charge in [0.1, 0.15) is 6.10 Å². The maximum absolute atomic E-state index is 12.3. The zero-order valence-corrected chi connectivity index (χ0v) is 14.8. The highest BCUT2D eigenvalue weighted by Crippen LogP contribution is 2.26. The van der Waals surface area contributed by atoms with Crippen LogP contribution in [0.15, 0.2) is 30.3 Å². The predicted octanol–water partition coefficient (Wildman–Crippen LogP) is 1.68. The summed E-state index contributed by atoms with van der Waals surface area (Å²) in [4.78, 5) is 14.5. The van der Waals surface area contributed by atoms with Crippen LogP contribution in [-0.2, 0) is 11.3 Å². The molecule has 2 fully saturated rings. The van der Waals surface area contributed by atoms with Crippen molar-refractivity contribution in [1.29, 1.82) is 0 Å². The Labute approximate surface area is 150 Å². The third-order valence-corrected chi connectivity index (χ3v) is 5.61. The van der Waals surface area contributed by atoms with Crippen LogP contribution in [0, 0.1) is 5.92 Å². The summed E-state index contributed by atoms with van der Waals surface area (Å²) in [6, 6.07) is 10.3. The standard InChI is InChI=1S/C20H30N2O3/c23-18-11-17(22(14-18)13-15-7-3-1-4-8-15)12-21-20(25)19(24)16-9-5-2-6-10-16/h1,3-4,7-8,16-19,23-24H,2,5-6,9-14H2,(H,21,25). The lowest BCUT2D eigenvalue weighted by Gasteiger charge is -2.28. The summed E-state index contributed by atoms with van der Waals surface area (Å²) in [5.74, 6) is -0.156. The lowest BCUT2D eigenvalue weighted by atomic mass is 9.85. The van der Waals surface area contributed by atoms with Gasteiger partial charge in [-0.25, -0.2) is 0 Å². The normalized spacial score (nSPS) is 26.5. The van der Waals surface area contributed by atoms with Gasteiger partial charge in [0.25, 0.3) is 0 Å². The number of β-amino-alcohol motifs (C(OH)–C–C–N with tert-alkyl or cyclic N) is 1. The van der Waals surface area contributed by atoms with E-state index >= 15 is 0 Å².